The number of H-pyrrole nitrogens is 1. The van der Waals surface area contributed by atoms with Crippen molar-refractivity contribution < 1.29 is 9.15 Å². The van der Waals surface area contributed by atoms with Crippen LogP contribution in [-0.4, -0.2) is 16.5 Å². The van der Waals surface area contributed by atoms with Gasteiger partial charge in [-0.25, -0.2) is 0 Å². The van der Waals surface area contributed by atoms with Crippen LogP contribution in [-0.2, 0) is 17.7 Å². The summed E-state index contributed by atoms with van der Waals surface area (Å²) in [5, 5.41) is 6.84. The number of hydrogen-bond acceptors (Lipinski definition) is 5. The Morgan fingerprint density at radius 2 is 2.06 bits per heavy atom. The highest BCUT2D eigenvalue weighted by molar-refractivity contribution is 5.87. The molecule has 1 aliphatic heterocycles. The van der Waals surface area contributed by atoms with Gasteiger partial charge in [0.1, 0.15) is 5.76 Å². The van der Waals surface area contributed by atoms with Gasteiger partial charge in [0.15, 0.2) is 0 Å². The second-order valence-corrected chi connectivity index (χ2v) is 8.62. The van der Waals surface area contributed by atoms with Crippen molar-refractivity contribution in [3.63, 3.8) is 0 Å². The molecule has 3 aromatic heterocycles. The molecule has 0 atom stereocenters. The summed E-state index contributed by atoms with van der Waals surface area (Å²) >= 11 is 0. The van der Waals surface area contributed by atoms with Gasteiger partial charge in [-0.15, -0.1) is 0 Å². The van der Waals surface area contributed by atoms with Crippen molar-refractivity contribution in [3.05, 3.63) is 101 Å². The van der Waals surface area contributed by atoms with Crippen molar-refractivity contribution in [1.82, 2.24) is 20.8 Å². The van der Waals surface area contributed by atoms with Crippen LogP contribution in [0.2, 0.25) is 0 Å². The van der Waals surface area contributed by atoms with Crippen LogP contribution in [0, 0.1) is 6.92 Å². The Labute approximate surface area is 200 Å². The van der Waals surface area contributed by atoms with Crippen LogP contribution in [0.3, 0.4) is 0 Å². The van der Waals surface area contributed by atoms with Crippen molar-refractivity contribution in [1.29, 1.82) is 0 Å². The molecule has 0 aromatic carbocycles. The molecule has 4 rings (SSSR count). The van der Waals surface area contributed by atoms with Crippen LogP contribution in [0.15, 0.2) is 76.2 Å². The van der Waals surface area contributed by atoms with E-state index >= 15 is 0 Å². The van der Waals surface area contributed by atoms with E-state index in [0.29, 0.717) is 17.3 Å². The van der Waals surface area contributed by atoms with Crippen molar-refractivity contribution in [2.45, 2.75) is 46.1 Å². The molecule has 0 saturated heterocycles. The zero-order chi connectivity index (χ0) is 23.9. The highest BCUT2D eigenvalue weighted by atomic mass is 16.5. The van der Waals surface area contributed by atoms with Crippen LogP contribution in [0.1, 0.15) is 60.0 Å². The molecule has 0 bridgehead atoms. The van der Waals surface area contributed by atoms with Gasteiger partial charge in [-0.2, -0.15) is 0 Å². The molecule has 1 aliphatic rings. The number of ether oxygens (including phenoxy) is 1. The molecule has 0 saturated carbocycles. The van der Waals surface area contributed by atoms with Gasteiger partial charge in [0.25, 0.3) is 5.88 Å². The summed E-state index contributed by atoms with van der Waals surface area (Å²) in [5.74, 6) is 1.04. The summed E-state index contributed by atoms with van der Waals surface area (Å²) in [6.07, 6.45) is 12.7. The number of rotatable bonds is 10. The van der Waals surface area contributed by atoms with E-state index in [1.165, 1.54) is 28.6 Å². The van der Waals surface area contributed by atoms with Crippen LogP contribution in [0.25, 0.3) is 11.6 Å². The molecule has 0 spiro atoms. The SMILES string of the molecule is Cc1[nH]c(C=C2C=COC(N=[N])=C2c2ccco2)c(C(C)C)c1CCCNCc1ccncc1. The monoisotopic (exact) mass is 456 g/mol. The van der Waals surface area contributed by atoms with Crippen molar-refractivity contribution in [2.75, 3.05) is 6.54 Å². The number of allylic oxidation sites excluding steroid dienone is 3. The van der Waals surface area contributed by atoms with E-state index < -0.39 is 0 Å². The maximum absolute atomic E-state index is 9.47. The standard InChI is InChI=1S/C27H30N5O2/c1-18(2)25-22(6-4-11-30-17-20-8-12-29-13-9-20)19(3)31-23(25)16-21-10-15-34-27(32-28)26(21)24-7-5-14-33-24/h5,7-10,12-16,18,30-31H,4,6,11,17H2,1-3H3. The number of nitrogens with one attached hydrogen (secondary N) is 2. The Bertz CT molecular complexity index is 1200. The first kappa shape index (κ1) is 23.4. The van der Waals surface area contributed by atoms with Gasteiger partial charge >= 0.3 is 0 Å². The van der Waals surface area contributed by atoms with Gasteiger partial charge in [-0.3, -0.25) is 4.98 Å². The van der Waals surface area contributed by atoms with Crippen molar-refractivity contribution in [2.24, 2.45) is 5.11 Å². The lowest BCUT2D eigenvalue weighted by Crippen LogP contribution is -2.15. The number of pyridine rings is 1. The Morgan fingerprint density at radius 3 is 2.76 bits per heavy atom. The molecular weight excluding hydrogens is 426 g/mol. The van der Waals surface area contributed by atoms with Crippen molar-refractivity contribution >= 4 is 11.6 Å². The average molecular weight is 457 g/mol. The molecule has 0 fully saturated rings. The number of furan rings is 1. The first-order valence-electron chi connectivity index (χ1n) is 11.6. The van der Waals surface area contributed by atoms with Gasteiger partial charge < -0.3 is 19.5 Å². The molecule has 34 heavy (non-hydrogen) atoms. The van der Waals surface area contributed by atoms with Crippen LogP contribution >= 0.6 is 0 Å². The summed E-state index contributed by atoms with van der Waals surface area (Å²) in [4.78, 5) is 7.65. The second-order valence-electron chi connectivity index (χ2n) is 8.62. The maximum atomic E-state index is 9.47. The number of aryl methyl sites for hydroxylation is 1. The van der Waals surface area contributed by atoms with Crippen molar-refractivity contribution in [3.8, 4) is 0 Å². The Kier molecular flexibility index (Phi) is 7.54. The van der Waals surface area contributed by atoms with Gasteiger partial charge in [0, 0.05) is 30.3 Å². The molecule has 0 aliphatic carbocycles. The fourth-order valence-corrected chi connectivity index (χ4v) is 4.38. The summed E-state index contributed by atoms with van der Waals surface area (Å²) in [6.45, 7) is 8.34. The third-order valence-electron chi connectivity index (χ3n) is 5.91. The molecule has 3 aromatic rings. The minimum Gasteiger partial charge on any atom is -0.464 e. The second kappa shape index (κ2) is 10.9. The van der Waals surface area contributed by atoms with E-state index in [4.69, 9.17) is 9.15 Å². The van der Waals surface area contributed by atoms with Crippen LogP contribution in [0.5, 0.6) is 0 Å². The highest BCUT2D eigenvalue weighted by Gasteiger charge is 2.22. The Balaban J connectivity index is 1.54. The van der Waals surface area contributed by atoms with E-state index in [1.807, 2.05) is 36.7 Å². The normalized spacial score (nSPS) is 14.8. The van der Waals surface area contributed by atoms with Gasteiger partial charge in [-0.05, 0) is 96.4 Å². The predicted octanol–water partition coefficient (Wildman–Crippen LogP) is 5.71. The fourth-order valence-electron chi connectivity index (χ4n) is 4.38. The topological polar surface area (TPSA) is 97.7 Å². The summed E-state index contributed by atoms with van der Waals surface area (Å²) in [5.41, 5.74) is 17.1. The zero-order valence-corrected chi connectivity index (χ0v) is 19.8. The first-order chi connectivity index (χ1) is 16.6. The molecule has 1 radical (unpaired) electrons. The Hall–Kier alpha value is -3.71. The molecule has 2 N–H and O–H groups in total. The third kappa shape index (κ3) is 5.26. The minimum absolute atomic E-state index is 0.110. The van der Waals surface area contributed by atoms with E-state index in [2.05, 4.69) is 47.2 Å². The molecule has 7 heteroatoms. The molecule has 175 valence electrons. The van der Waals surface area contributed by atoms with Crippen LogP contribution in [0.4, 0.5) is 0 Å². The highest BCUT2D eigenvalue weighted by Crippen LogP contribution is 2.36. The van der Waals surface area contributed by atoms with Gasteiger partial charge in [0.05, 0.1) is 18.1 Å². The third-order valence-corrected chi connectivity index (χ3v) is 5.91. The molecular formula is C27H30N5O2. The van der Waals surface area contributed by atoms with Gasteiger partial charge in [0.2, 0.25) is 0 Å². The minimum atomic E-state index is 0.110. The number of nitrogens with zero attached hydrogens (tertiary/aromatic N) is 3. The van der Waals surface area contributed by atoms with Gasteiger partial charge in [-0.1, -0.05) is 19.0 Å². The lowest BCUT2D eigenvalue weighted by molar-refractivity contribution is 0.339. The Morgan fingerprint density at radius 1 is 1.24 bits per heavy atom. The van der Waals surface area contributed by atoms with E-state index in [-0.39, 0.29) is 5.88 Å². The fraction of sp³-hybridized carbons (Fsp3) is 0.296. The quantitative estimate of drug-likeness (QED) is 0.302. The number of aromatic amines is 1. The van der Waals surface area contributed by atoms with E-state index in [9.17, 15) is 5.53 Å². The largest absolute Gasteiger partial charge is 0.464 e. The van der Waals surface area contributed by atoms with E-state index in [1.54, 1.807) is 12.3 Å². The molecule has 0 amide bonds. The van der Waals surface area contributed by atoms with Crippen LogP contribution < -0.4 is 10.8 Å². The summed E-state index contributed by atoms with van der Waals surface area (Å²) in [6, 6.07) is 7.69. The predicted molar refractivity (Wildman–Crippen MR) is 132 cm³/mol. The molecule has 0 unspecified atom stereocenters. The lowest BCUT2D eigenvalue weighted by atomic mass is 9.93. The maximum Gasteiger partial charge on any atom is 0.251 e. The smallest absolute Gasteiger partial charge is 0.251 e. The van der Waals surface area contributed by atoms with E-state index in [0.717, 1.165) is 37.2 Å². The number of hydrogen-bond donors (Lipinski definition) is 2. The lowest BCUT2D eigenvalue weighted by Gasteiger charge is -2.15. The zero-order valence-electron chi connectivity index (χ0n) is 19.8. The first-order valence-corrected chi connectivity index (χ1v) is 11.6. The average Bonchev–Trinajstić information content (AvgIpc) is 3.47. The molecule has 7 nitrogen and oxygen atoms in total. The summed E-state index contributed by atoms with van der Waals surface area (Å²) < 4.78 is 11.0. The number of aromatic nitrogens is 2. The summed E-state index contributed by atoms with van der Waals surface area (Å²) in [7, 11) is 0. The molecule has 4 heterocycles.